The van der Waals surface area contributed by atoms with Gasteiger partial charge in [0, 0.05) is 0 Å². The number of nitrogens with zero attached hydrogens (tertiary/aromatic N) is 1. The first-order valence-corrected chi connectivity index (χ1v) is 7.10. The van der Waals surface area contributed by atoms with Gasteiger partial charge in [0.1, 0.15) is 0 Å². The van der Waals surface area contributed by atoms with Crippen molar-refractivity contribution in [3.63, 3.8) is 0 Å². The van der Waals surface area contributed by atoms with Crippen LogP contribution in [0.3, 0.4) is 0 Å². The van der Waals surface area contributed by atoms with Crippen LogP contribution in [0.25, 0.3) is 0 Å². The zero-order valence-electron chi connectivity index (χ0n) is 12.8. The second-order valence-corrected chi connectivity index (χ2v) is 3.55. The molecule has 0 fully saturated rings. The second-order valence-electron chi connectivity index (χ2n) is 2.70. The van der Waals surface area contributed by atoms with Crippen LogP contribution >= 0.6 is 15.9 Å². The van der Waals surface area contributed by atoms with Gasteiger partial charge in [0.25, 0.3) is 5.70 Å². The Balaban J connectivity index is -0.000000656. The summed E-state index contributed by atoms with van der Waals surface area (Å²) in [6.07, 6.45) is 5.94. The van der Waals surface area contributed by atoms with Crippen molar-refractivity contribution >= 4 is 15.9 Å². The predicted molar refractivity (Wildman–Crippen MR) is 93.5 cm³/mol. The summed E-state index contributed by atoms with van der Waals surface area (Å²) >= 11 is 3.06. The van der Waals surface area contributed by atoms with E-state index in [-0.39, 0.29) is 15.8 Å². The van der Waals surface area contributed by atoms with Gasteiger partial charge in [-0.1, -0.05) is 72.2 Å². The second kappa shape index (κ2) is 15.4. The highest BCUT2D eigenvalue weighted by molar-refractivity contribution is 9.11. The Bertz CT molecular complexity index is 418. The van der Waals surface area contributed by atoms with Gasteiger partial charge < -0.3 is 0 Å². The lowest BCUT2D eigenvalue weighted by molar-refractivity contribution is -0.420. The molecule has 0 aliphatic rings. The van der Waals surface area contributed by atoms with Crippen LogP contribution in [-0.4, -0.2) is 4.92 Å². The molecule has 20 heavy (non-hydrogen) atoms. The summed E-state index contributed by atoms with van der Waals surface area (Å²) in [6, 6.07) is 0. The van der Waals surface area contributed by atoms with Crippen LogP contribution in [0.1, 0.15) is 27.7 Å². The van der Waals surface area contributed by atoms with Gasteiger partial charge in [0.15, 0.2) is 0 Å². The van der Waals surface area contributed by atoms with Gasteiger partial charge in [0.2, 0.25) is 0 Å². The number of hydrogen-bond donors (Lipinski definition) is 0. The minimum Gasteiger partial charge on any atom is -0.258 e. The predicted octanol–water partition coefficient (Wildman–Crippen LogP) is 5.96. The zero-order valence-corrected chi connectivity index (χ0v) is 14.4. The average molecular weight is 342 g/mol. The highest BCUT2D eigenvalue weighted by Gasteiger charge is 2.20. The highest BCUT2D eigenvalue weighted by atomic mass is 79.9. The fourth-order valence-electron chi connectivity index (χ4n) is 0.994. The molecular weight excluding hydrogens is 318 g/mol. The number of rotatable bonds is 6. The lowest BCUT2D eigenvalue weighted by Gasteiger charge is -2.04. The Labute approximate surface area is 131 Å². The molecule has 0 N–H and O–H groups in total. The number of halogens is 1. The normalized spacial score (nSPS) is 10.6. The fourth-order valence-corrected chi connectivity index (χ4v) is 1.38. The molecule has 0 aliphatic carbocycles. The van der Waals surface area contributed by atoms with Crippen molar-refractivity contribution < 1.29 is 4.92 Å². The molecule has 0 aromatic heterocycles. The third-order valence-electron chi connectivity index (χ3n) is 1.74. The Hall–Kier alpha value is -1.68. The molecule has 0 heterocycles. The maximum absolute atomic E-state index is 10.9. The molecule has 0 bridgehead atoms. The van der Waals surface area contributed by atoms with Crippen LogP contribution in [0.15, 0.2) is 71.9 Å². The van der Waals surface area contributed by atoms with E-state index in [4.69, 9.17) is 0 Å². The minimum atomic E-state index is -0.519. The molecule has 0 saturated heterocycles. The Morgan fingerprint density at radius 3 is 1.80 bits per heavy atom. The average Bonchev–Trinajstić information content (AvgIpc) is 2.48. The van der Waals surface area contributed by atoms with E-state index in [2.05, 4.69) is 42.2 Å². The van der Waals surface area contributed by atoms with E-state index in [1.54, 1.807) is 6.08 Å². The van der Waals surface area contributed by atoms with Crippen molar-refractivity contribution in [3.05, 3.63) is 82.1 Å². The van der Waals surface area contributed by atoms with Crippen LogP contribution in [-0.2, 0) is 0 Å². The molecule has 0 atom stereocenters. The van der Waals surface area contributed by atoms with E-state index in [0.717, 1.165) is 0 Å². The Kier molecular flexibility index (Phi) is 18.0. The van der Waals surface area contributed by atoms with E-state index in [9.17, 15) is 10.1 Å². The van der Waals surface area contributed by atoms with Crippen LogP contribution in [0, 0.1) is 10.1 Å². The minimum absolute atomic E-state index is 0.136. The number of nitro groups is 1. The smallest absolute Gasteiger partial charge is 0.258 e. The van der Waals surface area contributed by atoms with Gasteiger partial charge in [-0.25, -0.2) is 0 Å². The van der Waals surface area contributed by atoms with E-state index in [0.29, 0.717) is 5.57 Å². The summed E-state index contributed by atoms with van der Waals surface area (Å²) in [6.45, 7) is 22.2. The molecule has 0 aromatic carbocycles. The zero-order chi connectivity index (χ0) is 16.7. The molecule has 0 amide bonds. The van der Waals surface area contributed by atoms with Gasteiger partial charge >= 0.3 is 0 Å². The molecule has 0 radical (unpaired) electrons. The molecule has 0 rings (SSSR count). The summed E-state index contributed by atoms with van der Waals surface area (Å²) in [5, 5.41) is 10.9. The standard InChI is InChI=1S/C12H12BrNO2.2C2H6/c1-5-8-10(6-2)9(4)12(14(15)16)11(13)7-3;2*1-2/h5-8H,1-4H2;2*1-2H3/b10-8+,12-11-;;. The van der Waals surface area contributed by atoms with E-state index >= 15 is 0 Å². The van der Waals surface area contributed by atoms with Crippen molar-refractivity contribution in [2.75, 3.05) is 0 Å². The lowest BCUT2D eigenvalue weighted by atomic mass is 10.0. The van der Waals surface area contributed by atoms with Gasteiger partial charge in [-0.15, -0.1) is 0 Å². The van der Waals surface area contributed by atoms with E-state index in [1.807, 2.05) is 27.7 Å². The third-order valence-corrected chi connectivity index (χ3v) is 2.44. The molecular formula is C16H24BrNO2. The topological polar surface area (TPSA) is 43.1 Å². The molecule has 0 aliphatic heterocycles. The van der Waals surface area contributed by atoms with Crippen LogP contribution in [0.4, 0.5) is 0 Å². The molecule has 0 unspecified atom stereocenters. The molecule has 0 aromatic rings. The van der Waals surface area contributed by atoms with Crippen molar-refractivity contribution in [2.45, 2.75) is 27.7 Å². The molecule has 112 valence electrons. The summed E-state index contributed by atoms with van der Waals surface area (Å²) in [5.74, 6) is 0. The first-order chi connectivity index (χ1) is 9.49. The molecule has 0 saturated carbocycles. The third kappa shape index (κ3) is 8.43. The largest absolute Gasteiger partial charge is 0.290 e. The van der Waals surface area contributed by atoms with Crippen LogP contribution < -0.4 is 0 Å². The Morgan fingerprint density at radius 2 is 1.55 bits per heavy atom. The first kappa shape index (κ1) is 23.4. The first-order valence-electron chi connectivity index (χ1n) is 6.31. The maximum atomic E-state index is 10.9. The number of hydrogen-bond acceptors (Lipinski definition) is 2. The molecule has 4 heteroatoms. The SMILES string of the molecule is C=C/C=C(\C=C)C(=C)/C(=C(/Br)C=C)[N+](=O)[O-].CC.CC. The summed E-state index contributed by atoms with van der Waals surface area (Å²) in [7, 11) is 0. The highest BCUT2D eigenvalue weighted by Crippen LogP contribution is 2.25. The monoisotopic (exact) mass is 341 g/mol. The maximum Gasteiger partial charge on any atom is 0.290 e. The Morgan fingerprint density at radius 1 is 1.10 bits per heavy atom. The van der Waals surface area contributed by atoms with E-state index < -0.39 is 4.92 Å². The van der Waals surface area contributed by atoms with Gasteiger partial charge in [-0.2, -0.15) is 0 Å². The van der Waals surface area contributed by atoms with Gasteiger partial charge in [0.05, 0.1) is 15.0 Å². The van der Waals surface area contributed by atoms with Crippen LogP contribution in [0.5, 0.6) is 0 Å². The van der Waals surface area contributed by atoms with Crippen molar-refractivity contribution in [2.24, 2.45) is 0 Å². The van der Waals surface area contributed by atoms with Crippen molar-refractivity contribution in [3.8, 4) is 0 Å². The van der Waals surface area contributed by atoms with E-state index in [1.165, 1.54) is 18.2 Å². The summed E-state index contributed by atoms with van der Waals surface area (Å²) < 4.78 is 0.277. The van der Waals surface area contributed by atoms with Crippen molar-refractivity contribution in [1.29, 1.82) is 0 Å². The van der Waals surface area contributed by atoms with Crippen LogP contribution in [0.2, 0.25) is 0 Å². The number of allylic oxidation sites excluding steroid dienone is 6. The van der Waals surface area contributed by atoms with Crippen molar-refractivity contribution in [1.82, 2.24) is 0 Å². The quantitative estimate of drug-likeness (QED) is 0.339. The molecule has 0 spiro atoms. The molecule has 3 nitrogen and oxygen atoms in total. The fraction of sp³-hybridized carbons (Fsp3) is 0.250. The summed E-state index contributed by atoms with van der Waals surface area (Å²) in [4.78, 5) is 10.4. The summed E-state index contributed by atoms with van der Waals surface area (Å²) in [5.41, 5.74) is 0.662. The van der Waals surface area contributed by atoms with Gasteiger partial charge in [-0.05, 0) is 27.6 Å². The lowest BCUT2D eigenvalue weighted by Crippen LogP contribution is -2.04. The van der Waals surface area contributed by atoms with Gasteiger partial charge in [-0.3, -0.25) is 10.1 Å².